The Morgan fingerprint density at radius 2 is 1.71 bits per heavy atom. The van der Waals surface area contributed by atoms with E-state index in [1.165, 1.54) is 11.1 Å². The highest BCUT2D eigenvalue weighted by atomic mass is 35.5. The summed E-state index contributed by atoms with van der Waals surface area (Å²) in [5, 5.41) is 0. The van der Waals surface area contributed by atoms with Crippen LogP contribution in [0.15, 0.2) is 66.9 Å². The molecule has 0 amide bonds. The van der Waals surface area contributed by atoms with Crippen LogP contribution < -0.4 is 10.5 Å². The molecule has 2 aromatic carbocycles. The minimum absolute atomic E-state index is 0. The van der Waals surface area contributed by atoms with E-state index in [1.54, 1.807) is 0 Å². The van der Waals surface area contributed by atoms with Crippen LogP contribution in [-0.4, -0.2) is 4.98 Å². The third kappa shape index (κ3) is 4.34. The maximum absolute atomic E-state index is 5.72. The van der Waals surface area contributed by atoms with E-state index in [4.69, 9.17) is 10.5 Å². The van der Waals surface area contributed by atoms with Gasteiger partial charge >= 0.3 is 0 Å². The molecular weight excluding hydrogens is 320 g/mol. The van der Waals surface area contributed by atoms with E-state index in [-0.39, 0.29) is 12.4 Å². The second-order valence-electron chi connectivity index (χ2n) is 5.50. The molecule has 3 aromatic rings. The van der Waals surface area contributed by atoms with Gasteiger partial charge in [-0.15, -0.1) is 12.4 Å². The molecule has 0 unspecified atom stereocenters. The maximum atomic E-state index is 5.72. The van der Waals surface area contributed by atoms with Crippen LogP contribution in [0.3, 0.4) is 0 Å². The summed E-state index contributed by atoms with van der Waals surface area (Å²) in [7, 11) is 0. The van der Waals surface area contributed by atoms with Crippen LogP contribution in [0.25, 0.3) is 11.1 Å². The Balaban J connectivity index is 0.00000208. The third-order valence-corrected chi connectivity index (χ3v) is 3.86. The number of ether oxygens (including phenoxy) is 1. The van der Waals surface area contributed by atoms with Crippen LogP contribution in [0, 0.1) is 6.92 Å². The molecule has 0 aliphatic carbocycles. The smallest absolute Gasteiger partial charge is 0.213 e. The first-order chi connectivity index (χ1) is 11.3. The highest BCUT2D eigenvalue weighted by molar-refractivity contribution is 5.85. The SMILES string of the molecule is Cc1cc(-c2ccc(OCc3ccccc3)nc2)ccc1CN.Cl. The molecule has 3 rings (SSSR count). The quantitative estimate of drug-likeness (QED) is 0.743. The van der Waals surface area contributed by atoms with E-state index >= 15 is 0 Å². The van der Waals surface area contributed by atoms with Crippen LogP contribution in [0.4, 0.5) is 0 Å². The summed E-state index contributed by atoms with van der Waals surface area (Å²) >= 11 is 0. The first-order valence-corrected chi connectivity index (χ1v) is 7.69. The second-order valence-corrected chi connectivity index (χ2v) is 5.50. The number of nitrogens with zero attached hydrogens (tertiary/aromatic N) is 1. The lowest BCUT2D eigenvalue weighted by atomic mass is 10.0. The summed E-state index contributed by atoms with van der Waals surface area (Å²) in [6, 6.07) is 20.3. The summed E-state index contributed by atoms with van der Waals surface area (Å²) in [6.45, 7) is 3.17. The number of halogens is 1. The number of hydrogen-bond acceptors (Lipinski definition) is 3. The summed E-state index contributed by atoms with van der Waals surface area (Å²) in [5.41, 5.74) is 11.4. The lowest BCUT2D eigenvalue weighted by Crippen LogP contribution is -1.99. The molecule has 0 fully saturated rings. The number of rotatable bonds is 5. The molecule has 24 heavy (non-hydrogen) atoms. The van der Waals surface area contributed by atoms with Gasteiger partial charge in [0.2, 0.25) is 5.88 Å². The molecule has 1 aromatic heterocycles. The topological polar surface area (TPSA) is 48.1 Å². The van der Waals surface area contributed by atoms with Crippen molar-refractivity contribution in [1.82, 2.24) is 4.98 Å². The van der Waals surface area contributed by atoms with Crippen molar-refractivity contribution in [3.8, 4) is 17.0 Å². The van der Waals surface area contributed by atoms with Gasteiger partial charge in [0.1, 0.15) is 6.61 Å². The Bertz CT molecular complexity index is 773. The average Bonchev–Trinajstić information content (AvgIpc) is 2.61. The molecule has 4 heteroatoms. The van der Waals surface area contributed by atoms with Crippen molar-refractivity contribution in [3.05, 3.63) is 83.6 Å². The number of benzene rings is 2. The Hall–Kier alpha value is -2.36. The Morgan fingerprint density at radius 3 is 2.33 bits per heavy atom. The monoisotopic (exact) mass is 340 g/mol. The lowest BCUT2D eigenvalue weighted by molar-refractivity contribution is 0.294. The first-order valence-electron chi connectivity index (χ1n) is 7.69. The summed E-state index contributed by atoms with van der Waals surface area (Å²) in [4.78, 5) is 4.40. The van der Waals surface area contributed by atoms with Gasteiger partial charge < -0.3 is 10.5 Å². The Morgan fingerprint density at radius 1 is 0.958 bits per heavy atom. The molecule has 3 nitrogen and oxygen atoms in total. The highest BCUT2D eigenvalue weighted by Gasteiger charge is 2.03. The van der Waals surface area contributed by atoms with E-state index in [0.29, 0.717) is 19.0 Å². The fraction of sp³-hybridized carbons (Fsp3) is 0.150. The Labute approximate surface area is 148 Å². The maximum Gasteiger partial charge on any atom is 0.213 e. The van der Waals surface area contributed by atoms with Gasteiger partial charge in [0.05, 0.1) is 0 Å². The molecule has 0 bridgehead atoms. The van der Waals surface area contributed by atoms with Crippen LogP contribution in [0.5, 0.6) is 5.88 Å². The van der Waals surface area contributed by atoms with E-state index < -0.39 is 0 Å². The minimum Gasteiger partial charge on any atom is -0.473 e. The van der Waals surface area contributed by atoms with Crippen molar-refractivity contribution in [2.45, 2.75) is 20.1 Å². The van der Waals surface area contributed by atoms with E-state index in [0.717, 1.165) is 16.7 Å². The van der Waals surface area contributed by atoms with E-state index in [2.05, 4.69) is 30.1 Å². The van der Waals surface area contributed by atoms with Crippen molar-refractivity contribution in [1.29, 1.82) is 0 Å². The van der Waals surface area contributed by atoms with Gasteiger partial charge in [-0.25, -0.2) is 4.98 Å². The van der Waals surface area contributed by atoms with Crippen molar-refractivity contribution in [2.24, 2.45) is 5.73 Å². The van der Waals surface area contributed by atoms with Crippen molar-refractivity contribution in [2.75, 3.05) is 0 Å². The first kappa shape index (κ1) is 18.0. The lowest BCUT2D eigenvalue weighted by Gasteiger charge is -2.08. The van der Waals surface area contributed by atoms with Gasteiger partial charge in [-0.3, -0.25) is 0 Å². The second kappa shape index (κ2) is 8.48. The number of aryl methyl sites for hydroxylation is 1. The molecule has 1 heterocycles. The van der Waals surface area contributed by atoms with Crippen LogP contribution >= 0.6 is 12.4 Å². The third-order valence-electron chi connectivity index (χ3n) is 3.86. The number of nitrogens with two attached hydrogens (primary N) is 1. The number of pyridine rings is 1. The van der Waals surface area contributed by atoms with Gasteiger partial charge in [0, 0.05) is 24.4 Å². The van der Waals surface area contributed by atoms with Crippen molar-refractivity contribution in [3.63, 3.8) is 0 Å². The zero-order valence-electron chi connectivity index (χ0n) is 13.6. The summed E-state index contributed by atoms with van der Waals surface area (Å²) < 4.78 is 5.72. The molecule has 0 radical (unpaired) electrons. The van der Waals surface area contributed by atoms with Crippen LogP contribution in [0.1, 0.15) is 16.7 Å². The fourth-order valence-electron chi connectivity index (χ4n) is 2.47. The summed E-state index contributed by atoms with van der Waals surface area (Å²) in [5.74, 6) is 0.632. The molecule has 0 saturated heterocycles. The largest absolute Gasteiger partial charge is 0.473 e. The standard InChI is InChI=1S/C20H20N2O.ClH/c1-15-11-17(7-8-18(15)12-21)19-9-10-20(22-13-19)23-14-16-5-3-2-4-6-16;/h2-11,13H,12,14,21H2,1H3;1H. The van der Waals surface area contributed by atoms with Gasteiger partial charge in [-0.1, -0.05) is 48.5 Å². The molecule has 2 N–H and O–H groups in total. The zero-order valence-corrected chi connectivity index (χ0v) is 14.4. The average molecular weight is 341 g/mol. The van der Waals surface area contributed by atoms with E-state index in [9.17, 15) is 0 Å². The number of hydrogen-bond donors (Lipinski definition) is 1. The van der Waals surface area contributed by atoms with Gasteiger partial charge in [-0.05, 0) is 35.2 Å². The molecule has 0 saturated carbocycles. The predicted octanol–water partition coefficient (Wildman–Crippen LogP) is 4.52. The van der Waals surface area contributed by atoms with Crippen molar-refractivity contribution >= 4 is 12.4 Å². The van der Waals surface area contributed by atoms with Crippen LogP contribution in [0.2, 0.25) is 0 Å². The summed E-state index contributed by atoms with van der Waals surface area (Å²) in [6.07, 6.45) is 1.84. The molecular formula is C20H21ClN2O. The molecule has 0 atom stereocenters. The van der Waals surface area contributed by atoms with E-state index in [1.807, 2.05) is 48.7 Å². The number of aromatic nitrogens is 1. The molecule has 124 valence electrons. The minimum atomic E-state index is 0. The van der Waals surface area contributed by atoms with Gasteiger partial charge in [0.25, 0.3) is 0 Å². The van der Waals surface area contributed by atoms with Gasteiger partial charge in [0.15, 0.2) is 0 Å². The Kier molecular flexibility index (Phi) is 6.36. The van der Waals surface area contributed by atoms with Crippen molar-refractivity contribution < 1.29 is 4.74 Å². The predicted molar refractivity (Wildman–Crippen MR) is 100 cm³/mol. The zero-order chi connectivity index (χ0) is 16.1. The fourth-order valence-corrected chi connectivity index (χ4v) is 2.47. The van der Waals surface area contributed by atoms with Gasteiger partial charge in [-0.2, -0.15) is 0 Å². The molecule has 0 aliphatic heterocycles. The van der Waals surface area contributed by atoms with Crippen LogP contribution in [-0.2, 0) is 13.2 Å². The normalized spacial score (nSPS) is 10.1. The molecule has 0 spiro atoms. The highest BCUT2D eigenvalue weighted by Crippen LogP contribution is 2.23. The molecule has 0 aliphatic rings.